The molecule has 0 spiro atoms. The summed E-state index contributed by atoms with van der Waals surface area (Å²) in [5.41, 5.74) is 0. The van der Waals surface area contributed by atoms with E-state index >= 15 is 0 Å². The number of aromatic nitrogens is 1. The molecular formula is C8H8NOS. The highest BCUT2D eigenvalue weighted by atomic mass is 32.2. The molecule has 0 aromatic carbocycles. The van der Waals surface area contributed by atoms with Gasteiger partial charge in [0.1, 0.15) is 0 Å². The minimum absolute atomic E-state index is 0.473. The van der Waals surface area contributed by atoms with Gasteiger partial charge in [-0.1, -0.05) is 6.07 Å². The van der Waals surface area contributed by atoms with Crippen LogP contribution in [0, 0.1) is 0 Å². The van der Waals surface area contributed by atoms with Gasteiger partial charge in [0.25, 0.3) is 0 Å². The van der Waals surface area contributed by atoms with E-state index < -0.39 is 0 Å². The quantitative estimate of drug-likeness (QED) is 0.503. The van der Waals surface area contributed by atoms with Gasteiger partial charge in [-0.15, -0.1) is 11.8 Å². The summed E-state index contributed by atoms with van der Waals surface area (Å²) in [6.45, 7) is 0. The molecule has 0 N–H and O–H groups in total. The Morgan fingerprint density at radius 1 is 1.55 bits per heavy atom. The molecule has 3 heteroatoms. The number of pyridine rings is 1. The normalized spacial score (nSPS) is 9.45. The van der Waals surface area contributed by atoms with Gasteiger partial charge in [0, 0.05) is 18.4 Å². The van der Waals surface area contributed by atoms with Crippen molar-refractivity contribution in [2.45, 2.75) is 11.4 Å². The van der Waals surface area contributed by atoms with Crippen molar-refractivity contribution in [3.8, 4) is 0 Å². The summed E-state index contributed by atoms with van der Waals surface area (Å²) in [6, 6.07) is 5.73. The van der Waals surface area contributed by atoms with Crippen LogP contribution in [0.25, 0.3) is 0 Å². The molecule has 1 rings (SSSR count). The third-order valence-corrected chi connectivity index (χ3v) is 2.04. The van der Waals surface area contributed by atoms with Crippen LogP contribution < -0.4 is 0 Å². The third kappa shape index (κ3) is 3.18. The maximum Gasteiger partial charge on any atom is 0.199 e. The summed E-state index contributed by atoms with van der Waals surface area (Å²) in [7, 11) is 0. The number of thioether (sulfide) groups is 1. The first kappa shape index (κ1) is 8.27. The first-order valence-corrected chi connectivity index (χ1v) is 4.31. The Kier molecular flexibility index (Phi) is 3.69. The lowest BCUT2D eigenvalue weighted by Crippen LogP contribution is -1.82. The molecule has 0 aliphatic carbocycles. The van der Waals surface area contributed by atoms with Crippen molar-refractivity contribution in [3.05, 3.63) is 24.4 Å². The highest BCUT2D eigenvalue weighted by Gasteiger charge is 1.91. The molecule has 1 radical (unpaired) electrons. The van der Waals surface area contributed by atoms with Crippen molar-refractivity contribution in [2.75, 3.05) is 5.75 Å². The van der Waals surface area contributed by atoms with Gasteiger partial charge in [0.05, 0.1) is 5.03 Å². The van der Waals surface area contributed by atoms with Crippen LogP contribution in [0.4, 0.5) is 0 Å². The van der Waals surface area contributed by atoms with E-state index in [0.29, 0.717) is 6.42 Å². The van der Waals surface area contributed by atoms with Crippen LogP contribution in [0.3, 0.4) is 0 Å². The summed E-state index contributed by atoms with van der Waals surface area (Å²) in [5.74, 6) is 0.764. The van der Waals surface area contributed by atoms with Gasteiger partial charge < -0.3 is 0 Å². The van der Waals surface area contributed by atoms with Crippen LogP contribution in [-0.2, 0) is 4.79 Å². The molecule has 11 heavy (non-hydrogen) atoms. The monoisotopic (exact) mass is 166 g/mol. The van der Waals surface area contributed by atoms with E-state index in [1.165, 1.54) is 0 Å². The van der Waals surface area contributed by atoms with Crippen LogP contribution in [0.1, 0.15) is 6.42 Å². The molecule has 0 amide bonds. The first-order chi connectivity index (χ1) is 5.43. The van der Waals surface area contributed by atoms with Gasteiger partial charge >= 0.3 is 0 Å². The average molecular weight is 166 g/mol. The van der Waals surface area contributed by atoms with E-state index in [4.69, 9.17) is 0 Å². The largest absolute Gasteiger partial charge is 0.291 e. The molecule has 0 fully saturated rings. The van der Waals surface area contributed by atoms with E-state index in [1.807, 2.05) is 24.5 Å². The molecular weight excluding hydrogens is 158 g/mol. The Bertz CT molecular complexity index is 213. The maximum atomic E-state index is 9.84. The standard InChI is InChI=1S/C8H8NOS/c10-6-3-7-11-8-4-1-2-5-9-8/h1-2,4-5H,3,7H2. The molecule has 1 heterocycles. The van der Waals surface area contributed by atoms with Crippen molar-refractivity contribution in [1.29, 1.82) is 0 Å². The number of nitrogens with zero attached hydrogens (tertiary/aromatic N) is 1. The fourth-order valence-corrected chi connectivity index (χ4v) is 1.33. The van der Waals surface area contributed by atoms with Crippen LogP contribution in [0.15, 0.2) is 29.4 Å². The summed E-state index contributed by atoms with van der Waals surface area (Å²) in [4.78, 5) is 13.9. The smallest absolute Gasteiger partial charge is 0.199 e. The predicted molar refractivity (Wildman–Crippen MR) is 45.3 cm³/mol. The lowest BCUT2D eigenvalue weighted by molar-refractivity contribution is 0.554. The topological polar surface area (TPSA) is 30.0 Å². The minimum atomic E-state index is 0.473. The Balaban J connectivity index is 2.33. The molecule has 0 saturated carbocycles. The van der Waals surface area contributed by atoms with Crippen molar-refractivity contribution in [2.24, 2.45) is 0 Å². The lowest BCUT2D eigenvalue weighted by Gasteiger charge is -1.94. The van der Waals surface area contributed by atoms with E-state index in [-0.39, 0.29) is 0 Å². The van der Waals surface area contributed by atoms with Crippen molar-refractivity contribution in [1.82, 2.24) is 4.98 Å². The molecule has 0 unspecified atom stereocenters. The molecule has 0 aliphatic rings. The Morgan fingerprint density at radius 3 is 3.09 bits per heavy atom. The predicted octanol–water partition coefficient (Wildman–Crippen LogP) is 1.67. The van der Waals surface area contributed by atoms with E-state index in [1.54, 1.807) is 18.0 Å². The molecule has 0 saturated heterocycles. The van der Waals surface area contributed by atoms with Gasteiger partial charge in [-0.2, -0.15) is 0 Å². The number of hydrogen-bond acceptors (Lipinski definition) is 3. The summed E-state index contributed by atoms with van der Waals surface area (Å²) >= 11 is 1.57. The SMILES string of the molecule is O=[C]CCSc1ccccn1. The molecule has 0 atom stereocenters. The third-order valence-electron chi connectivity index (χ3n) is 1.09. The second-order valence-electron chi connectivity index (χ2n) is 1.91. The van der Waals surface area contributed by atoms with Crippen molar-refractivity contribution < 1.29 is 4.79 Å². The summed E-state index contributed by atoms with van der Waals surface area (Å²) in [5, 5.41) is 0.961. The van der Waals surface area contributed by atoms with Gasteiger partial charge in [0.15, 0.2) is 6.29 Å². The molecule has 1 aromatic rings. The van der Waals surface area contributed by atoms with Crippen LogP contribution in [0.5, 0.6) is 0 Å². The van der Waals surface area contributed by atoms with Gasteiger partial charge in [-0.25, -0.2) is 4.98 Å². The molecule has 1 aromatic heterocycles. The number of hydrogen-bond donors (Lipinski definition) is 0. The summed E-state index contributed by atoms with van der Waals surface area (Å²) in [6.07, 6.45) is 4.06. The van der Waals surface area contributed by atoms with E-state index in [2.05, 4.69) is 4.98 Å². The van der Waals surface area contributed by atoms with Crippen LogP contribution in [0.2, 0.25) is 0 Å². The van der Waals surface area contributed by atoms with Gasteiger partial charge in [-0.3, -0.25) is 4.79 Å². The zero-order valence-electron chi connectivity index (χ0n) is 5.99. The Labute approximate surface area is 70.0 Å². The lowest BCUT2D eigenvalue weighted by atomic mass is 10.5. The maximum absolute atomic E-state index is 9.84. The molecule has 2 nitrogen and oxygen atoms in total. The van der Waals surface area contributed by atoms with E-state index in [9.17, 15) is 4.79 Å². The van der Waals surface area contributed by atoms with Gasteiger partial charge in [-0.05, 0) is 12.1 Å². The van der Waals surface area contributed by atoms with Crippen LogP contribution >= 0.6 is 11.8 Å². The highest BCUT2D eigenvalue weighted by molar-refractivity contribution is 7.99. The zero-order valence-corrected chi connectivity index (χ0v) is 6.80. The number of carbonyl (C=O) groups excluding carboxylic acids is 1. The van der Waals surface area contributed by atoms with Crippen molar-refractivity contribution >= 4 is 18.0 Å². The molecule has 0 bridgehead atoms. The second kappa shape index (κ2) is 4.91. The fourth-order valence-electron chi connectivity index (χ4n) is 0.630. The molecule has 57 valence electrons. The fraction of sp³-hybridized carbons (Fsp3) is 0.250. The van der Waals surface area contributed by atoms with E-state index in [0.717, 1.165) is 10.8 Å². The summed E-state index contributed by atoms with van der Waals surface area (Å²) < 4.78 is 0. The van der Waals surface area contributed by atoms with Crippen molar-refractivity contribution in [3.63, 3.8) is 0 Å². The highest BCUT2D eigenvalue weighted by Crippen LogP contribution is 2.13. The second-order valence-corrected chi connectivity index (χ2v) is 3.03. The molecule has 0 aliphatic heterocycles. The Hall–Kier alpha value is -0.830. The van der Waals surface area contributed by atoms with Crippen LogP contribution in [-0.4, -0.2) is 17.0 Å². The minimum Gasteiger partial charge on any atom is -0.291 e. The first-order valence-electron chi connectivity index (χ1n) is 3.32. The average Bonchev–Trinajstić information content (AvgIpc) is 2.07. The zero-order chi connectivity index (χ0) is 7.94. The van der Waals surface area contributed by atoms with Gasteiger partial charge in [0.2, 0.25) is 0 Å². The number of rotatable bonds is 4. The Morgan fingerprint density at radius 2 is 2.45 bits per heavy atom.